The van der Waals surface area contributed by atoms with Crippen LogP contribution in [0.1, 0.15) is 62.6 Å². The van der Waals surface area contributed by atoms with Gasteiger partial charge in [-0.3, -0.25) is 4.79 Å². The minimum Gasteiger partial charge on any atom is -0.348 e. The molecule has 3 atom stereocenters. The van der Waals surface area contributed by atoms with E-state index in [4.69, 9.17) is 0 Å². The molecule has 2 heteroatoms. The molecule has 0 bridgehead atoms. The van der Waals surface area contributed by atoms with E-state index in [1.807, 2.05) is 30.3 Å². The van der Waals surface area contributed by atoms with Crippen molar-refractivity contribution in [1.82, 2.24) is 5.32 Å². The highest BCUT2D eigenvalue weighted by Crippen LogP contribution is 2.65. The lowest BCUT2D eigenvalue weighted by Gasteiger charge is -2.30. The van der Waals surface area contributed by atoms with Crippen molar-refractivity contribution in [2.75, 3.05) is 0 Å². The van der Waals surface area contributed by atoms with Gasteiger partial charge in [0.15, 0.2) is 0 Å². The Morgan fingerprint density at radius 1 is 0.848 bits per heavy atom. The highest BCUT2D eigenvalue weighted by Gasteiger charge is 2.58. The lowest BCUT2D eigenvalue weighted by atomic mass is 9.79. The van der Waals surface area contributed by atoms with Gasteiger partial charge < -0.3 is 5.32 Å². The van der Waals surface area contributed by atoms with Gasteiger partial charge in [0.2, 0.25) is 5.91 Å². The van der Waals surface area contributed by atoms with Gasteiger partial charge in [0.25, 0.3) is 0 Å². The molecule has 0 aromatic heterocycles. The van der Waals surface area contributed by atoms with Crippen LogP contribution in [0.15, 0.2) is 84.9 Å². The molecule has 0 spiro atoms. The van der Waals surface area contributed by atoms with Gasteiger partial charge in [-0.05, 0) is 45.9 Å². The Labute approximate surface area is 198 Å². The Balaban J connectivity index is 1.38. The predicted molar refractivity (Wildman–Crippen MR) is 136 cm³/mol. The van der Waals surface area contributed by atoms with Crippen LogP contribution in [0, 0.1) is 17.3 Å². The van der Waals surface area contributed by atoms with Crippen molar-refractivity contribution in [2.24, 2.45) is 17.3 Å². The van der Waals surface area contributed by atoms with Gasteiger partial charge in [-0.1, -0.05) is 124 Å². The van der Waals surface area contributed by atoms with Gasteiger partial charge in [0.05, 0.1) is 12.5 Å². The predicted octanol–water partition coefficient (Wildman–Crippen LogP) is 7.36. The average Bonchev–Trinajstić information content (AvgIpc) is 3.57. The summed E-state index contributed by atoms with van der Waals surface area (Å²) in [6.45, 7) is 2.41. The van der Waals surface area contributed by atoms with E-state index in [9.17, 15) is 4.79 Å². The number of hydrogen-bond donors (Lipinski definition) is 1. The molecule has 1 N–H and O–H groups in total. The molecular weight excluding hydrogens is 402 g/mol. The number of amides is 1. The minimum atomic E-state index is 0.0606. The van der Waals surface area contributed by atoms with Gasteiger partial charge in [0.1, 0.15) is 0 Å². The second-order valence-electron chi connectivity index (χ2n) is 10.4. The first-order chi connectivity index (χ1) is 16.1. The molecule has 0 aliphatic heterocycles. The van der Waals surface area contributed by atoms with Crippen molar-refractivity contribution in [1.29, 1.82) is 0 Å². The van der Waals surface area contributed by atoms with Crippen molar-refractivity contribution in [2.45, 2.75) is 57.9 Å². The summed E-state index contributed by atoms with van der Waals surface area (Å²) in [6, 6.07) is 29.5. The third kappa shape index (κ3) is 4.90. The molecular formula is C31H35NO. The minimum absolute atomic E-state index is 0.0606. The van der Waals surface area contributed by atoms with Crippen LogP contribution in [0.3, 0.4) is 0 Å². The van der Waals surface area contributed by atoms with Crippen LogP contribution in [0.4, 0.5) is 0 Å². The number of benzene rings is 3. The third-order valence-corrected chi connectivity index (χ3v) is 8.09. The van der Waals surface area contributed by atoms with Crippen LogP contribution in [0.25, 0.3) is 11.1 Å². The zero-order chi connectivity index (χ0) is 22.7. The summed E-state index contributed by atoms with van der Waals surface area (Å²) in [4.78, 5) is 13.1. The first-order valence-electron chi connectivity index (χ1n) is 12.6. The fourth-order valence-electron chi connectivity index (χ4n) is 6.11. The fourth-order valence-corrected chi connectivity index (χ4v) is 6.11. The van der Waals surface area contributed by atoms with E-state index in [0.717, 1.165) is 11.5 Å². The van der Waals surface area contributed by atoms with Gasteiger partial charge in [-0.25, -0.2) is 0 Å². The second-order valence-corrected chi connectivity index (χ2v) is 10.4. The maximum atomic E-state index is 13.1. The topological polar surface area (TPSA) is 29.1 Å². The smallest absolute Gasteiger partial charge is 0.224 e. The fraction of sp³-hybridized carbons (Fsp3) is 0.387. The van der Waals surface area contributed by atoms with Crippen molar-refractivity contribution < 1.29 is 4.79 Å². The van der Waals surface area contributed by atoms with Crippen molar-refractivity contribution in [3.8, 4) is 11.1 Å². The molecule has 3 aromatic carbocycles. The zero-order valence-corrected chi connectivity index (χ0v) is 19.7. The van der Waals surface area contributed by atoms with Gasteiger partial charge in [0, 0.05) is 0 Å². The monoisotopic (exact) mass is 437 g/mol. The van der Waals surface area contributed by atoms with E-state index in [1.165, 1.54) is 55.2 Å². The molecule has 2 saturated carbocycles. The van der Waals surface area contributed by atoms with E-state index < -0.39 is 0 Å². The summed E-state index contributed by atoms with van der Waals surface area (Å²) in [5, 5.41) is 3.47. The third-order valence-electron chi connectivity index (χ3n) is 8.09. The van der Waals surface area contributed by atoms with Crippen LogP contribution in [0.2, 0.25) is 0 Å². The van der Waals surface area contributed by atoms with E-state index in [1.54, 1.807) is 0 Å². The van der Waals surface area contributed by atoms with Gasteiger partial charge in [-0.2, -0.15) is 0 Å². The standard InChI is InChI=1S/C31H35NO/c1-31(22-28(31)26-15-9-4-10-16-26)30(32-29(33)21-23-11-5-2-6-12-23)27-19-17-25(18-20-27)24-13-7-3-8-14-24/h2-3,5-8,11-14,17-20,26,28,30H,4,9-10,15-16,21-22H2,1H3,(H,32,33)/t28-,30?,31+/m0/s1. The Bertz CT molecular complexity index is 1050. The average molecular weight is 438 g/mol. The van der Waals surface area contributed by atoms with E-state index in [-0.39, 0.29) is 17.4 Å². The summed E-state index contributed by atoms with van der Waals surface area (Å²) in [5.74, 6) is 1.66. The normalized spacial score (nSPS) is 23.6. The quantitative estimate of drug-likeness (QED) is 0.411. The molecule has 1 unspecified atom stereocenters. The van der Waals surface area contributed by atoms with E-state index in [0.29, 0.717) is 12.3 Å². The summed E-state index contributed by atoms with van der Waals surface area (Å²) >= 11 is 0. The highest BCUT2D eigenvalue weighted by atomic mass is 16.1. The van der Waals surface area contributed by atoms with E-state index >= 15 is 0 Å². The van der Waals surface area contributed by atoms with Gasteiger partial charge in [-0.15, -0.1) is 0 Å². The van der Waals surface area contributed by atoms with Crippen LogP contribution < -0.4 is 5.32 Å². The number of nitrogens with one attached hydrogen (secondary N) is 1. The Hall–Kier alpha value is -2.87. The maximum absolute atomic E-state index is 13.1. The molecule has 170 valence electrons. The van der Waals surface area contributed by atoms with Crippen molar-refractivity contribution in [3.63, 3.8) is 0 Å². The molecule has 0 heterocycles. The molecule has 0 radical (unpaired) electrons. The number of rotatable bonds is 7. The summed E-state index contributed by atoms with van der Waals surface area (Å²) < 4.78 is 0. The maximum Gasteiger partial charge on any atom is 0.224 e. The molecule has 33 heavy (non-hydrogen) atoms. The van der Waals surface area contributed by atoms with Crippen molar-refractivity contribution in [3.05, 3.63) is 96.1 Å². The molecule has 2 nitrogen and oxygen atoms in total. The summed E-state index contributed by atoms with van der Waals surface area (Å²) in [7, 11) is 0. The lowest BCUT2D eigenvalue weighted by Crippen LogP contribution is -2.36. The number of carbonyl (C=O) groups excluding carboxylic acids is 1. The van der Waals surface area contributed by atoms with Crippen LogP contribution >= 0.6 is 0 Å². The Morgan fingerprint density at radius 3 is 2.12 bits per heavy atom. The zero-order valence-electron chi connectivity index (χ0n) is 19.7. The van der Waals surface area contributed by atoms with Crippen molar-refractivity contribution >= 4 is 5.91 Å². The first kappa shape index (κ1) is 21.9. The number of carbonyl (C=O) groups is 1. The molecule has 5 rings (SSSR count). The van der Waals surface area contributed by atoms with Crippen LogP contribution in [-0.4, -0.2) is 5.91 Å². The Kier molecular flexibility index (Phi) is 6.35. The molecule has 2 aliphatic carbocycles. The number of hydrogen-bond acceptors (Lipinski definition) is 1. The second kappa shape index (κ2) is 9.55. The SMILES string of the molecule is C[C@@]1(C(NC(=O)Cc2ccccc2)c2ccc(-c3ccccc3)cc2)C[C@H]1C1CCCCC1. The van der Waals surface area contributed by atoms with Crippen LogP contribution in [0.5, 0.6) is 0 Å². The molecule has 2 fully saturated rings. The molecule has 2 aliphatic rings. The van der Waals surface area contributed by atoms with Crippen LogP contribution in [-0.2, 0) is 11.2 Å². The summed E-state index contributed by atoms with van der Waals surface area (Å²) in [5.41, 5.74) is 4.89. The lowest BCUT2D eigenvalue weighted by molar-refractivity contribution is -0.121. The first-order valence-corrected chi connectivity index (χ1v) is 12.6. The molecule has 1 amide bonds. The largest absolute Gasteiger partial charge is 0.348 e. The Morgan fingerprint density at radius 2 is 1.45 bits per heavy atom. The highest BCUT2D eigenvalue weighted by molar-refractivity contribution is 5.79. The summed E-state index contributed by atoms with van der Waals surface area (Å²) in [6.07, 6.45) is 8.49. The van der Waals surface area contributed by atoms with E-state index in [2.05, 4.69) is 66.8 Å². The molecule has 3 aromatic rings. The van der Waals surface area contributed by atoms with Gasteiger partial charge >= 0.3 is 0 Å². The molecule has 0 saturated heterocycles.